The highest BCUT2D eigenvalue weighted by atomic mass is 19.4. The van der Waals surface area contributed by atoms with Crippen LogP contribution in [0.5, 0.6) is 0 Å². The van der Waals surface area contributed by atoms with E-state index in [1.54, 1.807) is 6.92 Å². The van der Waals surface area contributed by atoms with Crippen molar-refractivity contribution in [1.82, 2.24) is 9.97 Å². The maximum Gasteiger partial charge on any atom is 0.451 e. The van der Waals surface area contributed by atoms with Crippen molar-refractivity contribution in [3.63, 3.8) is 0 Å². The van der Waals surface area contributed by atoms with Gasteiger partial charge in [0.05, 0.1) is 19.8 Å². The number of hydrogen-bond acceptors (Lipinski definition) is 7. The molecule has 0 fully saturated rings. The number of anilines is 2. The Labute approximate surface area is 118 Å². The zero-order valence-corrected chi connectivity index (χ0v) is 11.3. The number of alkyl halides is 3. The Balaban J connectivity index is 3.19. The van der Waals surface area contributed by atoms with Crippen LogP contribution < -0.4 is 10.6 Å². The molecule has 0 aromatic carbocycles. The normalized spacial score (nSPS) is 12.3. The predicted molar refractivity (Wildman–Crippen MR) is 68.8 cm³/mol. The fraction of sp³-hybridized carbons (Fsp3) is 0.636. The molecular formula is C11H17F3N4O3. The minimum Gasteiger partial charge on any atom is -0.394 e. The van der Waals surface area contributed by atoms with Crippen molar-refractivity contribution in [3.8, 4) is 0 Å². The Kier molecular flexibility index (Phi) is 5.70. The monoisotopic (exact) mass is 310 g/mol. The zero-order valence-electron chi connectivity index (χ0n) is 11.3. The summed E-state index contributed by atoms with van der Waals surface area (Å²) in [4.78, 5) is 6.62. The topological polar surface area (TPSA) is 111 Å². The van der Waals surface area contributed by atoms with Gasteiger partial charge in [-0.2, -0.15) is 13.2 Å². The quantitative estimate of drug-likeness (QED) is 0.484. The van der Waals surface area contributed by atoms with Crippen molar-refractivity contribution < 1.29 is 28.5 Å². The Bertz CT molecular complexity index is 458. The van der Waals surface area contributed by atoms with E-state index in [0.717, 1.165) is 0 Å². The predicted octanol–water partition coefficient (Wildman–Crippen LogP) is 0.0548. The minimum atomic E-state index is -4.75. The summed E-state index contributed by atoms with van der Waals surface area (Å²) in [5, 5.41) is 32.6. The van der Waals surface area contributed by atoms with Crippen molar-refractivity contribution in [2.75, 3.05) is 37.0 Å². The molecule has 0 aliphatic heterocycles. The van der Waals surface area contributed by atoms with Gasteiger partial charge in [-0.3, -0.25) is 0 Å². The average molecular weight is 310 g/mol. The highest BCUT2D eigenvalue weighted by molar-refractivity contribution is 5.49. The van der Waals surface area contributed by atoms with E-state index in [9.17, 15) is 28.5 Å². The number of aliphatic hydroxyl groups excluding tert-OH is 3. The first-order valence-electron chi connectivity index (χ1n) is 6.11. The smallest absolute Gasteiger partial charge is 0.394 e. The van der Waals surface area contributed by atoms with Gasteiger partial charge in [-0.05, 0) is 6.92 Å². The van der Waals surface area contributed by atoms with Gasteiger partial charge in [0.1, 0.15) is 17.2 Å². The lowest BCUT2D eigenvalue weighted by Crippen LogP contribution is -2.49. The van der Waals surface area contributed by atoms with E-state index in [1.807, 2.05) is 0 Å². The standard InChI is InChI=1S/C11H17F3N4O3/c1-2-15-7-3-8(17-9(16-7)11(12,13)14)18-10(4-19,5-20)6-21/h3,19-21H,2,4-6H2,1H3,(H2,15,16,17,18). The molecule has 120 valence electrons. The second-order valence-corrected chi connectivity index (χ2v) is 4.37. The summed E-state index contributed by atoms with van der Waals surface area (Å²) in [5.41, 5.74) is -1.58. The van der Waals surface area contributed by atoms with E-state index >= 15 is 0 Å². The van der Waals surface area contributed by atoms with Crippen LogP contribution in [0.4, 0.5) is 24.8 Å². The van der Waals surface area contributed by atoms with E-state index in [2.05, 4.69) is 20.6 Å². The summed E-state index contributed by atoms with van der Waals surface area (Å²) in [6.07, 6.45) is -4.75. The molecule has 0 saturated heterocycles. The molecule has 0 amide bonds. The first-order chi connectivity index (χ1) is 9.80. The van der Waals surface area contributed by atoms with Crippen molar-refractivity contribution in [3.05, 3.63) is 11.9 Å². The Morgan fingerprint density at radius 1 is 1.05 bits per heavy atom. The molecule has 0 unspecified atom stereocenters. The van der Waals surface area contributed by atoms with Gasteiger partial charge >= 0.3 is 6.18 Å². The number of nitrogens with zero attached hydrogens (tertiary/aromatic N) is 2. The fourth-order valence-corrected chi connectivity index (χ4v) is 1.45. The summed E-state index contributed by atoms with van der Waals surface area (Å²) < 4.78 is 38.2. The first kappa shape index (κ1) is 17.4. The highest BCUT2D eigenvalue weighted by Crippen LogP contribution is 2.29. The van der Waals surface area contributed by atoms with Gasteiger partial charge in [-0.25, -0.2) is 9.97 Å². The summed E-state index contributed by atoms with van der Waals surface area (Å²) in [5.74, 6) is -1.71. The number of aromatic nitrogens is 2. The van der Waals surface area contributed by atoms with E-state index in [1.165, 1.54) is 6.07 Å². The first-order valence-corrected chi connectivity index (χ1v) is 6.11. The van der Waals surface area contributed by atoms with E-state index < -0.39 is 37.4 Å². The molecule has 0 radical (unpaired) electrons. The van der Waals surface area contributed by atoms with E-state index in [4.69, 9.17) is 0 Å². The van der Waals surface area contributed by atoms with Gasteiger partial charge in [-0.1, -0.05) is 0 Å². The van der Waals surface area contributed by atoms with Gasteiger partial charge in [0.25, 0.3) is 0 Å². The van der Waals surface area contributed by atoms with Crippen LogP contribution in [-0.4, -0.2) is 57.2 Å². The number of halogens is 3. The number of aliphatic hydroxyl groups is 3. The van der Waals surface area contributed by atoms with Gasteiger partial charge in [0, 0.05) is 12.6 Å². The molecule has 1 aromatic heterocycles. The molecule has 0 bridgehead atoms. The zero-order chi connectivity index (χ0) is 16.1. The molecule has 1 aromatic rings. The molecular weight excluding hydrogens is 293 g/mol. The Hall–Kier alpha value is -1.65. The second-order valence-electron chi connectivity index (χ2n) is 4.37. The van der Waals surface area contributed by atoms with Crippen molar-refractivity contribution in [2.24, 2.45) is 0 Å². The molecule has 0 aliphatic carbocycles. The number of nitrogens with one attached hydrogen (secondary N) is 2. The van der Waals surface area contributed by atoms with Gasteiger partial charge in [-0.15, -0.1) is 0 Å². The third-order valence-electron chi connectivity index (χ3n) is 2.64. The largest absolute Gasteiger partial charge is 0.451 e. The summed E-state index contributed by atoms with van der Waals surface area (Å²) >= 11 is 0. The SMILES string of the molecule is CCNc1cc(NC(CO)(CO)CO)nc(C(F)(F)F)n1. The van der Waals surface area contributed by atoms with Gasteiger partial charge in [0.2, 0.25) is 5.82 Å². The third kappa shape index (κ3) is 4.41. The lowest BCUT2D eigenvalue weighted by Gasteiger charge is -2.29. The van der Waals surface area contributed by atoms with Crippen LogP contribution in [-0.2, 0) is 6.18 Å². The lowest BCUT2D eigenvalue weighted by atomic mass is 10.0. The summed E-state index contributed by atoms with van der Waals surface area (Å²) in [7, 11) is 0. The Morgan fingerprint density at radius 2 is 1.57 bits per heavy atom. The van der Waals surface area contributed by atoms with Crippen molar-refractivity contribution in [1.29, 1.82) is 0 Å². The van der Waals surface area contributed by atoms with Gasteiger partial charge in [0.15, 0.2) is 0 Å². The van der Waals surface area contributed by atoms with Crippen LogP contribution in [0.3, 0.4) is 0 Å². The summed E-state index contributed by atoms with van der Waals surface area (Å²) in [6, 6.07) is 1.19. The number of rotatable bonds is 7. The van der Waals surface area contributed by atoms with Crippen molar-refractivity contribution in [2.45, 2.75) is 18.6 Å². The molecule has 7 nitrogen and oxygen atoms in total. The molecule has 1 rings (SSSR count). The van der Waals surface area contributed by atoms with Crippen molar-refractivity contribution >= 4 is 11.6 Å². The van der Waals surface area contributed by atoms with Crippen LogP contribution >= 0.6 is 0 Å². The third-order valence-corrected chi connectivity index (χ3v) is 2.64. The summed E-state index contributed by atoms with van der Waals surface area (Å²) in [6.45, 7) is -0.0491. The second kappa shape index (κ2) is 6.87. The highest BCUT2D eigenvalue weighted by Gasteiger charge is 2.36. The van der Waals surface area contributed by atoms with E-state index in [-0.39, 0.29) is 11.6 Å². The Morgan fingerprint density at radius 3 is 2.00 bits per heavy atom. The van der Waals surface area contributed by atoms with E-state index in [0.29, 0.717) is 6.54 Å². The molecule has 0 atom stereocenters. The van der Waals surface area contributed by atoms with Crippen LogP contribution in [0, 0.1) is 0 Å². The van der Waals surface area contributed by atoms with Crippen LogP contribution in [0.2, 0.25) is 0 Å². The molecule has 10 heteroatoms. The fourth-order valence-electron chi connectivity index (χ4n) is 1.45. The molecule has 0 saturated carbocycles. The lowest BCUT2D eigenvalue weighted by molar-refractivity contribution is -0.144. The van der Waals surface area contributed by atoms with Crippen LogP contribution in [0.1, 0.15) is 12.7 Å². The molecule has 21 heavy (non-hydrogen) atoms. The van der Waals surface area contributed by atoms with Crippen LogP contribution in [0.15, 0.2) is 6.07 Å². The molecule has 1 heterocycles. The maximum absolute atomic E-state index is 12.7. The molecule has 5 N–H and O–H groups in total. The maximum atomic E-state index is 12.7. The molecule has 0 aliphatic rings. The minimum absolute atomic E-state index is 0.0648. The van der Waals surface area contributed by atoms with Crippen LogP contribution in [0.25, 0.3) is 0 Å². The van der Waals surface area contributed by atoms with Gasteiger partial charge < -0.3 is 26.0 Å². The average Bonchev–Trinajstić information content (AvgIpc) is 2.44. The number of hydrogen-bond donors (Lipinski definition) is 5. The molecule has 0 spiro atoms.